The molecule has 0 atom stereocenters. The summed E-state index contributed by atoms with van der Waals surface area (Å²) in [6, 6.07) is 0. The van der Waals surface area contributed by atoms with Gasteiger partial charge in [-0.1, -0.05) is 0 Å². The molecule has 0 unspecified atom stereocenters. The molecule has 0 amide bonds. The quantitative estimate of drug-likeness (QED) is 0.251. The van der Waals surface area contributed by atoms with E-state index < -0.39 is 0 Å². The van der Waals surface area contributed by atoms with Gasteiger partial charge in [0.1, 0.15) is 0 Å². The molecular weight excluding hydrogens is 236 g/mol. The molecule has 3 N–H and O–H groups in total. The first-order chi connectivity index (χ1) is 4.24. The molecule has 0 aromatic carbocycles. The van der Waals surface area contributed by atoms with Gasteiger partial charge in [0, 0.05) is 0 Å². The molecule has 0 fully saturated rings. The number of halogens is 2. The number of hydrogen-bond acceptors (Lipinski definition) is 1. The Kier molecular flexibility index (Phi) is 869. The van der Waals surface area contributed by atoms with E-state index in [1.165, 1.54) is 9.82 Å². The molecule has 0 spiro atoms. The van der Waals surface area contributed by atoms with E-state index in [4.69, 9.17) is 33.2 Å². The maximum Gasteiger partial charge on any atom is 1.00 e. The second kappa shape index (κ2) is 206. The molecule has 0 saturated carbocycles. The molecule has 0 rings (SSSR count). The largest absolute Gasteiger partial charge is 1.00 e. The van der Waals surface area contributed by atoms with E-state index in [1.807, 2.05) is 0 Å². The van der Waals surface area contributed by atoms with Gasteiger partial charge in [-0.2, -0.15) is 0 Å². The van der Waals surface area contributed by atoms with E-state index in [0.29, 0.717) is 0 Å². The van der Waals surface area contributed by atoms with Gasteiger partial charge in [0.05, 0.1) is 0 Å². The van der Waals surface area contributed by atoms with E-state index in [2.05, 4.69) is 0 Å². The van der Waals surface area contributed by atoms with Crippen LogP contribution in [0.5, 0.6) is 0 Å². The van der Waals surface area contributed by atoms with E-state index in [0.717, 1.165) is 0 Å². The van der Waals surface area contributed by atoms with E-state index in [9.17, 15) is 0 Å². The Balaban J connectivity index is -0.00000000545. The average Bonchev–Trinajstić information content (AvgIpc) is 1.70. The van der Waals surface area contributed by atoms with Crippen LogP contribution in [0.1, 0.15) is 1.43 Å². The van der Waals surface area contributed by atoms with Crippen LogP contribution in [0, 0.1) is 5.53 Å². The van der Waals surface area contributed by atoms with Crippen molar-refractivity contribution in [2.75, 3.05) is 0 Å². The van der Waals surface area contributed by atoms with Crippen LogP contribution in [0.2, 0.25) is 0 Å². The van der Waals surface area contributed by atoms with Crippen LogP contribution in [-0.2, 0) is 0 Å². The van der Waals surface area contributed by atoms with Crippen molar-refractivity contribution < 1.29 is 36.5 Å². The molecule has 0 aliphatic heterocycles. The minimum absolute atomic E-state index is 0. The second-order valence-corrected chi connectivity index (χ2v) is 0.279. The van der Waals surface area contributed by atoms with Gasteiger partial charge >= 0.3 is 29.6 Å². The minimum Gasteiger partial charge on any atom is -1.00 e. The van der Waals surface area contributed by atoms with Gasteiger partial charge in [-0.3, -0.25) is 9.82 Å². The fourth-order valence-electron chi connectivity index (χ4n) is 0. The number of nitrogens with zero attached hydrogens (tertiary/aromatic N) is 8. The summed E-state index contributed by atoms with van der Waals surface area (Å²) in [5, 5.41) is 0. The first-order valence-electron chi connectivity index (χ1n) is 1.22. The van der Waals surface area contributed by atoms with Crippen LogP contribution < -0.4 is 29.6 Å². The molecule has 13 heteroatoms. The summed E-state index contributed by atoms with van der Waals surface area (Å²) in [6.45, 7) is 0. The predicted octanol–water partition coefficient (Wildman–Crippen LogP) is -0.257. The van der Waals surface area contributed by atoms with Crippen LogP contribution in [0.15, 0.2) is 0 Å². The monoisotopic (exact) mass is 241 g/mol. The number of hydrogen-bond donors (Lipinski definition) is 1. The molecule has 0 aromatic rings. The summed E-state index contributed by atoms with van der Waals surface area (Å²) < 4.78 is 0. The summed E-state index contributed by atoms with van der Waals surface area (Å²) in [6.07, 6.45) is 0. The Morgan fingerprint density at radius 3 is 0.846 bits per heavy atom. The van der Waals surface area contributed by atoms with Gasteiger partial charge < -0.3 is 29.0 Å². The van der Waals surface area contributed by atoms with Crippen LogP contribution in [0.3, 0.4) is 0 Å². The van der Waals surface area contributed by atoms with Crippen LogP contribution >= 0.6 is 24.8 Å². The van der Waals surface area contributed by atoms with Crippen molar-refractivity contribution in [1.82, 2.24) is 0 Å². The fraction of sp³-hybridized carbons (Fsp3) is 0. The molecule has 0 radical (unpaired) electrons. The first-order valence-corrected chi connectivity index (χ1v) is 1.22. The van der Waals surface area contributed by atoms with Crippen molar-refractivity contribution in [2.24, 2.45) is 0 Å². The zero-order valence-electron chi connectivity index (χ0n) is 7.39. The predicted molar refractivity (Wildman–Crippen MR) is 48.8 cm³/mol. The Morgan fingerprint density at radius 2 is 0.846 bits per heavy atom. The third-order valence-electron chi connectivity index (χ3n) is 0. The average molecular weight is 242 g/mol. The first kappa shape index (κ1) is 54.8. The summed E-state index contributed by atoms with van der Waals surface area (Å²) >= 11 is 0. The van der Waals surface area contributed by atoms with Crippen LogP contribution in [0.4, 0.5) is 0 Å². The van der Waals surface area contributed by atoms with Crippen LogP contribution in [-0.4, -0.2) is 5.48 Å². The topological polar surface area (TPSA) is 209 Å². The number of nitrogens with one attached hydrogen (secondary N) is 1. The SMILES string of the molecule is Cl.Cl.O.[H-].[N-]=[N+]=N.[N-]=[N+]=[N-].[N-]=[N+]=[N-].[Na+]. The Bertz CT molecular complexity index is 114. The normalized spacial score (nSPS) is 1.85. The van der Waals surface area contributed by atoms with Crippen molar-refractivity contribution in [3.8, 4) is 0 Å². The molecule has 74 valence electrons. The maximum atomic E-state index is 6.86. The van der Waals surface area contributed by atoms with Gasteiger partial charge in [0.2, 0.25) is 0 Å². The summed E-state index contributed by atoms with van der Waals surface area (Å²) in [4.78, 5) is 4.75. The van der Waals surface area contributed by atoms with Gasteiger partial charge in [0.25, 0.3) is 0 Å². The van der Waals surface area contributed by atoms with Gasteiger partial charge in [-0.25, -0.2) is 0 Å². The summed E-state index contributed by atoms with van der Waals surface area (Å²) in [7, 11) is 0. The molecular formula is H6Cl2N9NaO-2. The molecule has 10 nitrogen and oxygen atoms in total. The molecule has 0 aromatic heterocycles. The maximum absolute atomic E-state index is 6.86. The third-order valence-corrected chi connectivity index (χ3v) is 0. The fourth-order valence-corrected chi connectivity index (χ4v) is 0. The van der Waals surface area contributed by atoms with Gasteiger partial charge in [-0.05, 0) is 10.4 Å². The molecule has 0 saturated heterocycles. The molecule has 0 heterocycles. The number of rotatable bonds is 0. The van der Waals surface area contributed by atoms with Crippen molar-refractivity contribution in [2.45, 2.75) is 0 Å². The standard InChI is InChI=1S/2ClH.HN3.2N3.Na.H2O.H/c;;3*1-3-2;;;/h2*1H;1H;;;;1H2;/q;;;2*-1;+1;;-1. The zero-order chi connectivity index (χ0) is 8.12. The van der Waals surface area contributed by atoms with Crippen LogP contribution in [0.25, 0.3) is 42.4 Å². The zero-order valence-corrected chi connectivity index (χ0v) is 10.0. The third kappa shape index (κ3) is 3660. The van der Waals surface area contributed by atoms with E-state index in [1.54, 1.807) is 4.91 Å². The van der Waals surface area contributed by atoms with E-state index >= 15 is 0 Å². The Labute approximate surface area is 109 Å². The van der Waals surface area contributed by atoms with Crippen molar-refractivity contribution >= 4 is 24.8 Å². The molecule has 0 bridgehead atoms. The molecule has 13 heavy (non-hydrogen) atoms. The molecule has 0 aliphatic carbocycles. The summed E-state index contributed by atoms with van der Waals surface area (Å²) in [5.41, 5.74) is 39.2. The van der Waals surface area contributed by atoms with Crippen molar-refractivity contribution in [3.63, 3.8) is 0 Å². The second-order valence-electron chi connectivity index (χ2n) is 0.279. The summed E-state index contributed by atoms with van der Waals surface area (Å²) in [5.74, 6) is 0. The smallest absolute Gasteiger partial charge is 1.00 e. The van der Waals surface area contributed by atoms with Crippen molar-refractivity contribution in [1.29, 1.82) is 5.53 Å². The van der Waals surface area contributed by atoms with Gasteiger partial charge in [0.15, 0.2) is 0 Å². The Hall–Kier alpha value is -0.530. The van der Waals surface area contributed by atoms with E-state index in [-0.39, 0.29) is 61.3 Å². The minimum atomic E-state index is 0. The Morgan fingerprint density at radius 1 is 0.846 bits per heavy atom. The van der Waals surface area contributed by atoms with Gasteiger partial charge in [-0.15, -0.1) is 30.3 Å². The molecule has 0 aliphatic rings. The van der Waals surface area contributed by atoms with Crippen molar-refractivity contribution in [3.05, 3.63) is 42.4 Å².